The predicted molar refractivity (Wildman–Crippen MR) is 67.6 cm³/mol. The highest BCUT2D eigenvalue weighted by atomic mass is 79.9. The monoisotopic (exact) mass is 300 g/mol. The molecule has 0 aliphatic carbocycles. The summed E-state index contributed by atoms with van der Waals surface area (Å²) in [5.74, 6) is 5.30. The van der Waals surface area contributed by atoms with Crippen molar-refractivity contribution in [2.24, 2.45) is 5.84 Å². The van der Waals surface area contributed by atoms with Crippen LogP contribution < -0.4 is 11.3 Å². The van der Waals surface area contributed by atoms with Gasteiger partial charge in [-0.3, -0.25) is 5.84 Å². The zero-order valence-electron chi connectivity index (χ0n) is 8.28. The highest BCUT2D eigenvalue weighted by molar-refractivity contribution is 9.10. The van der Waals surface area contributed by atoms with E-state index in [1.807, 2.05) is 11.4 Å². The molecule has 1 heterocycles. The van der Waals surface area contributed by atoms with Crippen LogP contribution in [0.15, 0.2) is 40.2 Å². The number of rotatable bonds is 3. The van der Waals surface area contributed by atoms with Gasteiger partial charge in [0.2, 0.25) is 0 Å². The molecular formula is C11H10BrFN2S. The quantitative estimate of drug-likeness (QED) is 0.675. The number of thiophene rings is 1. The van der Waals surface area contributed by atoms with Crippen LogP contribution in [0, 0.1) is 5.82 Å². The van der Waals surface area contributed by atoms with E-state index in [2.05, 4.69) is 21.4 Å². The molecule has 2 aromatic rings. The third kappa shape index (κ3) is 2.32. The maximum atomic E-state index is 12.8. The van der Waals surface area contributed by atoms with E-state index in [9.17, 15) is 4.39 Å². The molecule has 2 rings (SSSR count). The molecule has 2 nitrogen and oxygen atoms in total. The van der Waals surface area contributed by atoms with E-state index in [0.29, 0.717) is 0 Å². The first-order valence-corrected chi connectivity index (χ1v) is 6.34. The van der Waals surface area contributed by atoms with Crippen molar-refractivity contribution >= 4 is 27.3 Å². The number of hydrogen-bond donors (Lipinski definition) is 2. The van der Waals surface area contributed by atoms with E-state index in [1.165, 1.54) is 12.1 Å². The van der Waals surface area contributed by atoms with Crippen molar-refractivity contribution in [3.8, 4) is 0 Å². The van der Waals surface area contributed by atoms with Crippen LogP contribution in [0.25, 0.3) is 0 Å². The van der Waals surface area contributed by atoms with Crippen molar-refractivity contribution in [1.29, 1.82) is 0 Å². The van der Waals surface area contributed by atoms with E-state index in [-0.39, 0.29) is 11.9 Å². The Morgan fingerprint density at radius 3 is 2.44 bits per heavy atom. The number of hydrogen-bond acceptors (Lipinski definition) is 3. The number of benzene rings is 1. The largest absolute Gasteiger partial charge is 0.271 e. The molecule has 0 aliphatic rings. The number of halogens is 2. The third-order valence-corrected chi connectivity index (χ3v) is 4.21. The van der Waals surface area contributed by atoms with Crippen LogP contribution in [0.1, 0.15) is 16.5 Å². The fraction of sp³-hybridized carbons (Fsp3) is 0.0909. The molecule has 0 aliphatic heterocycles. The molecule has 1 aromatic carbocycles. The number of hydrazine groups is 1. The molecule has 0 spiro atoms. The topological polar surface area (TPSA) is 38.0 Å². The molecular weight excluding hydrogens is 291 g/mol. The highest BCUT2D eigenvalue weighted by Gasteiger charge is 2.16. The van der Waals surface area contributed by atoms with E-state index in [1.54, 1.807) is 23.5 Å². The second-order valence-electron chi connectivity index (χ2n) is 3.28. The molecule has 3 N–H and O–H groups in total. The SMILES string of the molecule is NNC(c1ccc(F)cc1)c1sccc1Br. The summed E-state index contributed by atoms with van der Waals surface area (Å²) in [5.41, 5.74) is 3.68. The standard InChI is InChI=1S/C11H10BrFN2S/c12-9-5-6-16-11(9)10(15-14)7-1-3-8(13)4-2-7/h1-6,10,15H,14H2. The lowest BCUT2D eigenvalue weighted by Gasteiger charge is -2.15. The molecule has 0 fully saturated rings. The Labute approximate surface area is 105 Å². The third-order valence-electron chi connectivity index (χ3n) is 2.28. The lowest BCUT2D eigenvalue weighted by molar-refractivity contribution is 0.618. The van der Waals surface area contributed by atoms with Gasteiger partial charge in [-0.2, -0.15) is 0 Å². The summed E-state index contributed by atoms with van der Waals surface area (Å²) in [4.78, 5) is 1.08. The van der Waals surface area contributed by atoms with Gasteiger partial charge in [0, 0.05) is 9.35 Å². The van der Waals surface area contributed by atoms with Gasteiger partial charge in [0.25, 0.3) is 0 Å². The van der Waals surface area contributed by atoms with Crippen molar-refractivity contribution < 1.29 is 4.39 Å². The average molecular weight is 301 g/mol. The Morgan fingerprint density at radius 1 is 1.25 bits per heavy atom. The van der Waals surface area contributed by atoms with Crippen LogP contribution in [0.5, 0.6) is 0 Å². The average Bonchev–Trinajstić information content (AvgIpc) is 2.69. The summed E-state index contributed by atoms with van der Waals surface area (Å²) >= 11 is 5.06. The first-order chi connectivity index (χ1) is 7.72. The summed E-state index contributed by atoms with van der Waals surface area (Å²) in [7, 11) is 0. The molecule has 1 unspecified atom stereocenters. The van der Waals surface area contributed by atoms with Gasteiger partial charge < -0.3 is 0 Å². The zero-order chi connectivity index (χ0) is 11.5. The Morgan fingerprint density at radius 2 is 1.94 bits per heavy atom. The minimum atomic E-state index is -0.246. The maximum Gasteiger partial charge on any atom is 0.123 e. The van der Waals surface area contributed by atoms with Crippen molar-refractivity contribution in [3.05, 3.63) is 56.4 Å². The van der Waals surface area contributed by atoms with Gasteiger partial charge in [-0.25, -0.2) is 9.82 Å². The molecule has 1 aromatic heterocycles. The summed E-state index contributed by atoms with van der Waals surface area (Å²) in [6.07, 6.45) is 0. The molecule has 16 heavy (non-hydrogen) atoms. The predicted octanol–water partition coefficient (Wildman–Crippen LogP) is 3.20. The van der Waals surface area contributed by atoms with Crippen LogP contribution in [-0.4, -0.2) is 0 Å². The first kappa shape index (κ1) is 11.7. The van der Waals surface area contributed by atoms with Crippen LogP contribution in [0.4, 0.5) is 4.39 Å². The molecule has 84 valence electrons. The maximum absolute atomic E-state index is 12.8. The minimum absolute atomic E-state index is 0.116. The van der Waals surface area contributed by atoms with Crippen molar-refractivity contribution in [2.75, 3.05) is 0 Å². The van der Waals surface area contributed by atoms with Crippen molar-refractivity contribution in [1.82, 2.24) is 5.43 Å². The fourth-order valence-corrected chi connectivity index (χ4v) is 3.18. The number of nitrogens with one attached hydrogen (secondary N) is 1. The Bertz CT molecular complexity index is 469. The summed E-state index contributed by atoms with van der Waals surface area (Å²) in [6, 6.07) is 8.17. The van der Waals surface area contributed by atoms with Crippen molar-refractivity contribution in [3.63, 3.8) is 0 Å². The number of nitrogens with two attached hydrogens (primary N) is 1. The van der Waals surface area contributed by atoms with Crippen LogP contribution in [0.3, 0.4) is 0 Å². The van der Waals surface area contributed by atoms with E-state index in [4.69, 9.17) is 5.84 Å². The van der Waals surface area contributed by atoms with Crippen LogP contribution in [0.2, 0.25) is 0 Å². The van der Waals surface area contributed by atoms with E-state index >= 15 is 0 Å². The van der Waals surface area contributed by atoms with Crippen LogP contribution in [-0.2, 0) is 0 Å². The lowest BCUT2D eigenvalue weighted by Crippen LogP contribution is -2.28. The van der Waals surface area contributed by atoms with Crippen LogP contribution >= 0.6 is 27.3 Å². The van der Waals surface area contributed by atoms with Gasteiger partial charge in [0.05, 0.1) is 6.04 Å². The van der Waals surface area contributed by atoms with Gasteiger partial charge in [-0.15, -0.1) is 11.3 Å². The van der Waals surface area contributed by atoms with Gasteiger partial charge in [0.1, 0.15) is 5.82 Å². The molecule has 0 saturated heterocycles. The Kier molecular flexibility index (Phi) is 3.70. The molecule has 0 saturated carbocycles. The fourth-order valence-electron chi connectivity index (χ4n) is 1.49. The zero-order valence-corrected chi connectivity index (χ0v) is 10.7. The highest BCUT2D eigenvalue weighted by Crippen LogP contribution is 2.32. The van der Waals surface area contributed by atoms with Crippen molar-refractivity contribution in [2.45, 2.75) is 6.04 Å². The molecule has 0 amide bonds. The smallest absolute Gasteiger partial charge is 0.123 e. The first-order valence-electron chi connectivity index (χ1n) is 4.67. The van der Waals surface area contributed by atoms with Gasteiger partial charge in [-0.1, -0.05) is 12.1 Å². The molecule has 5 heteroatoms. The summed E-state index contributed by atoms with van der Waals surface area (Å²) in [6.45, 7) is 0. The Balaban J connectivity index is 2.37. The van der Waals surface area contributed by atoms with Gasteiger partial charge >= 0.3 is 0 Å². The Hall–Kier alpha value is -0.750. The van der Waals surface area contributed by atoms with Gasteiger partial charge in [-0.05, 0) is 45.1 Å². The molecule has 0 bridgehead atoms. The second kappa shape index (κ2) is 5.05. The lowest BCUT2D eigenvalue weighted by atomic mass is 10.1. The van der Waals surface area contributed by atoms with Gasteiger partial charge in [0.15, 0.2) is 0 Å². The molecule has 1 atom stereocenters. The van der Waals surface area contributed by atoms with E-state index in [0.717, 1.165) is 14.9 Å². The summed E-state index contributed by atoms with van der Waals surface area (Å²) < 4.78 is 13.8. The molecule has 0 radical (unpaired) electrons. The minimum Gasteiger partial charge on any atom is -0.271 e. The second-order valence-corrected chi connectivity index (χ2v) is 5.09. The normalized spacial score (nSPS) is 12.7. The summed E-state index contributed by atoms with van der Waals surface area (Å²) in [5, 5.41) is 1.98. The van der Waals surface area contributed by atoms with E-state index < -0.39 is 0 Å².